The van der Waals surface area contributed by atoms with Crippen molar-refractivity contribution < 1.29 is 14.3 Å². The molecule has 1 saturated heterocycles. The second kappa shape index (κ2) is 8.77. The normalized spacial score (nSPS) is 19.4. The van der Waals surface area contributed by atoms with E-state index in [0.29, 0.717) is 19.6 Å². The van der Waals surface area contributed by atoms with Gasteiger partial charge >= 0.3 is 5.97 Å². The van der Waals surface area contributed by atoms with Crippen molar-refractivity contribution in [3.8, 4) is 0 Å². The summed E-state index contributed by atoms with van der Waals surface area (Å²) in [6.45, 7) is 6.15. The minimum absolute atomic E-state index is 0.0150. The first-order valence-electron chi connectivity index (χ1n) is 7.55. The van der Waals surface area contributed by atoms with Crippen molar-refractivity contribution in [1.82, 2.24) is 10.2 Å². The Morgan fingerprint density at radius 1 is 1.43 bits per heavy atom. The quantitative estimate of drug-likeness (QED) is 0.770. The average molecular weight is 292 g/mol. The summed E-state index contributed by atoms with van der Waals surface area (Å²) < 4.78 is 10.7. The van der Waals surface area contributed by atoms with Gasteiger partial charge in [0.2, 0.25) is 0 Å². The van der Waals surface area contributed by atoms with Crippen LogP contribution in [0.15, 0.2) is 30.3 Å². The van der Waals surface area contributed by atoms with Crippen LogP contribution in [0.4, 0.5) is 0 Å². The Bertz CT molecular complexity index is 425. The van der Waals surface area contributed by atoms with Gasteiger partial charge in [-0.2, -0.15) is 0 Å². The van der Waals surface area contributed by atoms with Gasteiger partial charge < -0.3 is 9.47 Å². The number of nitrogens with zero attached hydrogens (tertiary/aromatic N) is 1. The van der Waals surface area contributed by atoms with Crippen LogP contribution in [-0.4, -0.2) is 49.9 Å². The summed E-state index contributed by atoms with van der Waals surface area (Å²) in [5, 5.41) is 3.40. The van der Waals surface area contributed by atoms with Gasteiger partial charge in [-0.05, 0) is 12.5 Å². The highest BCUT2D eigenvalue weighted by Gasteiger charge is 2.20. The Morgan fingerprint density at radius 3 is 3.00 bits per heavy atom. The zero-order valence-corrected chi connectivity index (χ0v) is 12.6. The number of carbonyl (C=O) groups excluding carboxylic acids is 1. The monoisotopic (exact) mass is 292 g/mol. The third-order valence-corrected chi connectivity index (χ3v) is 3.46. The summed E-state index contributed by atoms with van der Waals surface area (Å²) in [4.78, 5) is 13.6. The van der Waals surface area contributed by atoms with E-state index < -0.39 is 0 Å². The van der Waals surface area contributed by atoms with Crippen LogP contribution in [0.2, 0.25) is 0 Å². The molecule has 2 rings (SSSR count). The summed E-state index contributed by atoms with van der Waals surface area (Å²) in [5.41, 5.74) is 1.24. The van der Waals surface area contributed by atoms with E-state index in [1.807, 2.05) is 25.1 Å². The smallest absolute Gasteiger partial charge is 0.307 e. The Kier molecular flexibility index (Phi) is 6.66. The van der Waals surface area contributed by atoms with E-state index in [4.69, 9.17) is 9.47 Å². The zero-order chi connectivity index (χ0) is 14.9. The van der Waals surface area contributed by atoms with Crippen molar-refractivity contribution in [2.45, 2.75) is 26.1 Å². The van der Waals surface area contributed by atoms with Gasteiger partial charge in [0.25, 0.3) is 0 Å². The van der Waals surface area contributed by atoms with Crippen molar-refractivity contribution in [3.63, 3.8) is 0 Å². The summed E-state index contributed by atoms with van der Waals surface area (Å²) >= 11 is 0. The highest BCUT2D eigenvalue weighted by atomic mass is 16.5. The Labute approximate surface area is 126 Å². The lowest BCUT2D eigenvalue weighted by Crippen LogP contribution is -2.49. The molecule has 1 atom stereocenters. The van der Waals surface area contributed by atoms with Crippen LogP contribution in [0.1, 0.15) is 18.9 Å². The molecular formula is C16H24N2O3. The molecule has 1 heterocycles. The first-order chi connectivity index (χ1) is 10.3. The summed E-state index contributed by atoms with van der Waals surface area (Å²) in [6.07, 6.45) is 0.459. The molecule has 1 fully saturated rings. The fourth-order valence-electron chi connectivity index (χ4n) is 2.34. The molecule has 0 amide bonds. The number of hydrogen-bond donors (Lipinski definition) is 1. The summed E-state index contributed by atoms with van der Waals surface area (Å²) in [5.74, 6) is -0.127. The van der Waals surface area contributed by atoms with Gasteiger partial charge in [0.15, 0.2) is 0 Å². The third kappa shape index (κ3) is 5.83. The molecule has 0 aromatic heterocycles. The lowest BCUT2D eigenvalue weighted by molar-refractivity contribution is -0.144. The molecule has 1 aromatic carbocycles. The number of hydrogen-bond acceptors (Lipinski definition) is 5. The molecule has 0 radical (unpaired) electrons. The Morgan fingerprint density at radius 2 is 2.24 bits per heavy atom. The van der Waals surface area contributed by atoms with Crippen molar-refractivity contribution in [3.05, 3.63) is 35.9 Å². The number of carbonyl (C=O) groups is 1. The Hall–Kier alpha value is -1.43. The van der Waals surface area contributed by atoms with E-state index >= 15 is 0 Å². The minimum atomic E-state index is -0.127. The number of nitrogens with one attached hydrogen (secondary N) is 1. The summed E-state index contributed by atoms with van der Waals surface area (Å²) in [6, 6.07) is 10.3. The second-order valence-corrected chi connectivity index (χ2v) is 5.08. The maximum absolute atomic E-state index is 11.4. The van der Waals surface area contributed by atoms with Crippen LogP contribution < -0.4 is 5.32 Å². The fourth-order valence-corrected chi connectivity index (χ4v) is 2.34. The van der Waals surface area contributed by atoms with E-state index in [0.717, 1.165) is 26.2 Å². The van der Waals surface area contributed by atoms with E-state index in [9.17, 15) is 4.79 Å². The van der Waals surface area contributed by atoms with Crippen molar-refractivity contribution in [1.29, 1.82) is 0 Å². The van der Waals surface area contributed by atoms with Gasteiger partial charge in [-0.3, -0.25) is 15.0 Å². The van der Waals surface area contributed by atoms with Crippen LogP contribution in [0.5, 0.6) is 0 Å². The fraction of sp³-hybridized carbons (Fsp3) is 0.562. The SMILES string of the molecule is CCOC(=O)CCN1CCOC(NCc2ccccc2)C1. The average Bonchev–Trinajstić information content (AvgIpc) is 2.53. The van der Waals surface area contributed by atoms with Crippen LogP contribution in [0, 0.1) is 0 Å². The molecule has 5 nitrogen and oxygen atoms in total. The molecule has 0 saturated carbocycles. The predicted molar refractivity (Wildman–Crippen MR) is 80.7 cm³/mol. The van der Waals surface area contributed by atoms with Gasteiger partial charge in [0.05, 0.1) is 19.6 Å². The van der Waals surface area contributed by atoms with Crippen molar-refractivity contribution in [2.24, 2.45) is 0 Å². The van der Waals surface area contributed by atoms with Crippen molar-refractivity contribution >= 4 is 5.97 Å². The van der Waals surface area contributed by atoms with Crippen molar-refractivity contribution in [2.75, 3.05) is 32.8 Å². The van der Waals surface area contributed by atoms with Gasteiger partial charge in [0.1, 0.15) is 6.23 Å². The molecule has 116 valence electrons. The predicted octanol–water partition coefficient (Wildman–Crippen LogP) is 1.39. The van der Waals surface area contributed by atoms with Gasteiger partial charge in [0, 0.05) is 26.2 Å². The lowest BCUT2D eigenvalue weighted by Gasteiger charge is -2.33. The van der Waals surface area contributed by atoms with Gasteiger partial charge in [-0.15, -0.1) is 0 Å². The molecule has 0 spiro atoms. The lowest BCUT2D eigenvalue weighted by atomic mass is 10.2. The standard InChI is InChI=1S/C16H24N2O3/c1-2-20-16(19)8-9-18-10-11-21-15(13-18)17-12-14-6-4-3-5-7-14/h3-7,15,17H,2,8-13H2,1H3. The first-order valence-corrected chi connectivity index (χ1v) is 7.55. The number of morpholine rings is 1. The van der Waals surface area contributed by atoms with E-state index in [2.05, 4.69) is 22.3 Å². The van der Waals surface area contributed by atoms with Gasteiger partial charge in [-0.25, -0.2) is 0 Å². The Balaban J connectivity index is 1.69. The first kappa shape index (κ1) is 15.9. The molecule has 1 N–H and O–H groups in total. The highest BCUT2D eigenvalue weighted by Crippen LogP contribution is 2.06. The highest BCUT2D eigenvalue weighted by molar-refractivity contribution is 5.69. The number of benzene rings is 1. The second-order valence-electron chi connectivity index (χ2n) is 5.08. The maximum Gasteiger partial charge on any atom is 0.307 e. The van der Waals surface area contributed by atoms with Crippen LogP contribution in [-0.2, 0) is 20.8 Å². The molecule has 1 aliphatic rings. The van der Waals surface area contributed by atoms with E-state index in [-0.39, 0.29) is 12.2 Å². The minimum Gasteiger partial charge on any atom is -0.466 e. The molecule has 1 aromatic rings. The van der Waals surface area contributed by atoms with Crippen LogP contribution in [0.3, 0.4) is 0 Å². The molecular weight excluding hydrogens is 268 g/mol. The van der Waals surface area contributed by atoms with Gasteiger partial charge in [-0.1, -0.05) is 30.3 Å². The molecule has 5 heteroatoms. The van der Waals surface area contributed by atoms with E-state index in [1.165, 1.54) is 5.56 Å². The topological polar surface area (TPSA) is 50.8 Å². The maximum atomic E-state index is 11.4. The molecule has 0 aliphatic carbocycles. The molecule has 21 heavy (non-hydrogen) atoms. The largest absolute Gasteiger partial charge is 0.466 e. The number of ether oxygens (including phenoxy) is 2. The van der Waals surface area contributed by atoms with E-state index in [1.54, 1.807) is 0 Å². The number of esters is 1. The third-order valence-electron chi connectivity index (χ3n) is 3.46. The molecule has 1 aliphatic heterocycles. The number of rotatable bonds is 7. The molecule has 1 unspecified atom stereocenters. The van der Waals surface area contributed by atoms with Crippen LogP contribution in [0.25, 0.3) is 0 Å². The van der Waals surface area contributed by atoms with Crippen LogP contribution >= 0.6 is 0 Å². The summed E-state index contributed by atoms with van der Waals surface area (Å²) in [7, 11) is 0. The zero-order valence-electron chi connectivity index (χ0n) is 12.6. The molecule has 0 bridgehead atoms.